The van der Waals surface area contributed by atoms with E-state index in [2.05, 4.69) is 9.97 Å². The zero-order chi connectivity index (χ0) is 25.1. The van der Waals surface area contributed by atoms with Crippen LogP contribution in [0.15, 0.2) is 72.8 Å². The van der Waals surface area contributed by atoms with E-state index in [1.807, 2.05) is 62.4 Å². The molecule has 5 aromatic rings. The van der Waals surface area contributed by atoms with E-state index in [1.54, 1.807) is 0 Å². The van der Waals surface area contributed by atoms with E-state index in [4.69, 9.17) is 0 Å². The zero-order valence-corrected chi connectivity index (χ0v) is 19.5. The maximum atomic E-state index is 14.1. The molecule has 3 heterocycles. The second kappa shape index (κ2) is 7.78. The highest BCUT2D eigenvalue weighted by Gasteiger charge is 2.43. The number of aromatic nitrogens is 2. The molecule has 0 saturated carbocycles. The number of rotatable bonds is 4. The van der Waals surface area contributed by atoms with Gasteiger partial charge in [-0.15, -0.1) is 0 Å². The van der Waals surface area contributed by atoms with E-state index in [-0.39, 0.29) is 11.4 Å². The van der Waals surface area contributed by atoms with Gasteiger partial charge in [-0.2, -0.15) is 0 Å². The molecular formula is C28H20N4O4. The van der Waals surface area contributed by atoms with Crippen molar-refractivity contribution in [2.75, 3.05) is 4.90 Å². The number of fused-ring (bicyclic) bond motifs is 2. The number of imide groups is 1. The number of para-hydroxylation sites is 2. The van der Waals surface area contributed by atoms with Crippen LogP contribution in [-0.4, -0.2) is 26.7 Å². The Morgan fingerprint density at radius 1 is 0.694 bits per heavy atom. The maximum absolute atomic E-state index is 14.1. The number of nitro groups is 1. The highest BCUT2D eigenvalue weighted by molar-refractivity contribution is 6.58. The number of non-ortho nitro benzene ring substituents is 1. The molecule has 1 aliphatic heterocycles. The summed E-state index contributed by atoms with van der Waals surface area (Å²) < 4.78 is 0. The van der Waals surface area contributed by atoms with Crippen molar-refractivity contribution in [1.82, 2.24) is 9.97 Å². The van der Waals surface area contributed by atoms with E-state index < -0.39 is 16.7 Å². The highest BCUT2D eigenvalue weighted by Crippen LogP contribution is 2.44. The quantitative estimate of drug-likeness (QED) is 0.198. The summed E-state index contributed by atoms with van der Waals surface area (Å²) in [5, 5.41) is 12.8. The number of benzene rings is 3. The Morgan fingerprint density at radius 2 is 1.14 bits per heavy atom. The van der Waals surface area contributed by atoms with Gasteiger partial charge >= 0.3 is 0 Å². The summed E-state index contributed by atoms with van der Waals surface area (Å²) in [6.45, 7) is 3.77. The summed E-state index contributed by atoms with van der Waals surface area (Å²) in [5.74, 6) is -0.942. The summed E-state index contributed by atoms with van der Waals surface area (Å²) in [5.41, 5.74) is 5.39. The predicted octanol–water partition coefficient (Wildman–Crippen LogP) is 5.66. The van der Waals surface area contributed by atoms with Crippen LogP contribution in [0.25, 0.3) is 33.0 Å². The van der Waals surface area contributed by atoms with Gasteiger partial charge in [0.15, 0.2) is 0 Å². The largest absolute Gasteiger partial charge is 0.358 e. The Kier molecular flexibility index (Phi) is 4.65. The fourth-order valence-electron chi connectivity index (χ4n) is 5.15. The Bertz CT molecular complexity index is 1670. The number of carbonyl (C=O) groups is 2. The van der Waals surface area contributed by atoms with E-state index in [0.717, 1.165) is 38.1 Å². The van der Waals surface area contributed by atoms with E-state index in [1.165, 1.54) is 24.3 Å². The van der Waals surface area contributed by atoms with Gasteiger partial charge in [-0.25, -0.2) is 4.90 Å². The molecule has 0 spiro atoms. The van der Waals surface area contributed by atoms with Crippen molar-refractivity contribution in [3.63, 3.8) is 0 Å². The standard InChI is InChI=1S/C28H20N4O4/c1-15-23(19-7-3-5-9-21(19)29-15)25-26(24-16(2)30-22-10-6-4-8-20(22)24)28(34)31(27(25)33)17-11-13-18(14-12-17)32(35)36/h3-14,29-30H,1-2H3. The van der Waals surface area contributed by atoms with Crippen LogP contribution < -0.4 is 4.90 Å². The number of H-pyrrole nitrogens is 2. The molecule has 0 atom stereocenters. The van der Waals surface area contributed by atoms with Gasteiger partial charge in [0.25, 0.3) is 17.5 Å². The SMILES string of the molecule is Cc1[nH]c2ccccc2c1C1=C(c2c(C)[nH]c3ccccc23)C(=O)N(c2ccc([N+](=O)[O-])cc2)C1=O. The van der Waals surface area contributed by atoms with Gasteiger partial charge < -0.3 is 9.97 Å². The van der Waals surface area contributed by atoms with Crippen LogP contribution in [0.1, 0.15) is 22.5 Å². The molecule has 0 bridgehead atoms. The first-order chi connectivity index (χ1) is 17.4. The molecule has 2 amide bonds. The molecule has 3 aromatic carbocycles. The second-order valence-electron chi connectivity index (χ2n) is 8.81. The van der Waals surface area contributed by atoms with Crippen LogP contribution in [0, 0.1) is 24.0 Å². The molecule has 8 nitrogen and oxygen atoms in total. The number of carbonyl (C=O) groups excluding carboxylic acids is 2. The molecule has 0 saturated heterocycles. The molecule has 0 unspecified atom stereocenters. The number of hydrogen-bond donors (Lipinski definition) is 2. The first-order valence-corrected chi connectivity index (χ1v) is 11.4. The third kappa shape index (κ3) is 3.01. The number of anilines is 1. The number of nitro benzene ring substituents is 1. The molecule has 1 aliphatic rings. The Hall–Kier alpha value is -4.98. The number of hydrogen-bond acceptors (Lipinski definition) is 4. The summed E-state index contributed by atoms with van der Waals surface area (Å²) in [6.07, 6.45) is 0. The lowest BCUT2D eigenvalue weighted by atomic mass is 9.93. The molecule has 2 aromatic heterocycles. The Labute approximate surface area is 205 Å². The van der Waals surface area contributed by atoms with Crippen LogP contribution in [0.5, 0.6) is 0 Å². The molecule has 176 valence electrons. The van der Waals surface area contributed by atoms with Crippen molar-refractivity contribution < 1.29 is 14.5 Å². The van der Waals surface area contributed by atoms with E-state index >= 15 is 0 Å². The highest BCUT2D eigenvalue weighted by atomic mass is 16.6. The summed E-state index contributed by atoms with van der Waals surface area (Å²) >= 11 is 0. The first kappa shape index (κ1) is 21.5. The molecule has 0 radical (unpaired) electrons. The number of amides is 2. The number of nitrogens with zero attached hydrogens (tertiary/aromatic N) is 2. The Balaban J connectivity index is 1.65. The van der Waals surface area contributed by atoms with Gasteiger partial charge in [0.05, 0.1) is 21.8 Å². The summed E-state index contributed by atoms with van der Waals surface area (Å²) in [6, 6.07) is 20.8. The predicted molar refractivity (Wildman–Crippen MR) is 138 cm³/mol. The maximum Gasteiger partial charge on any atom is 0.269 e. The number of aromatic amines is 2. The minimum Gasteiger partial charge on any atom is -0.358 e. The molecule has 0 aliphatic carbocycles. The normalized spacial score (nSPS) is 14.0. The van der Waals surface area contributed by atoms with Gasteiger partial charge in [0, 0.05) is 56.5 Å². The van der Waals surface area contributed by atoms with Crippen LogP contribution >= 0.6 is 0 Å². The van der Waals surface area contributed by atoms with Crippen molar-refractivity contribution in [1.29, 1.82) is 0 Å². The third-order valence-electron chi connectivity index (χ3n) is 6.69. The average Bonchev–Trinajstić information content (AvgIpc) is 3.45. The van der Waals surface area contributed by atoms with Crippen molar-refractivity contribution in [2.24, 2.45) is 0 Å². The first-order valence-electron chi connectivity index (χ1n) is 11.4. The molecule has 0 fully saturated rings. The van der Waals surface area contributed by atoms with Gasteiger partial charge in [0.2, 0.25) is 0 Å². The lowest BCUT2D eigenvalue weighted by molar-refractivity contribution is -0.384. The minimum absolute atomic E-state index is 0.119. The zero-order valence-electron chi connectivity index (χ0n) is 19.5. The Morgan fingerprint density at radius 3 is 1.58 bits per heavy atom. The smallest absolute Gasteiger partial charge is 0.269 e. The molecule has 36 heavy (non-hydrogen) atoms. The summed E-state index contributed by atoms with van der Waals surface area (Å²) in [4.78, 5) is 46.5. The van der Waals surface area contributed by atoms with Crippen LogP contribution in [-0.2, 0) is 9.59 Å². The van der Waals surface area contributed by atoms with Crippen molar-refractivity contribution in [3.8, 4) is 0 Å². The molecular weight excluding hydrogens is 456 g/mol. The van der Waals surface area contributed by atoms with Crippen LogP contribution in [0.2, 0.25) is 0 Å². The topological polar surface area (TPSA) is 112 Å². The fourth-order valence-corrected chi connectivity index (χ4v) is 5.15. The van der Waals surface area contributed by atoms with Crippen molar-refractivity contribution >= 4 is 56.1 Å². The minimum atomic E-state index is -0.517. The lowest BCUT2D eigenvalue weighted by Gasteiger charge is -2.15. The monoisotopic (exact) mass is 476 g/mol. The molecule has 6 rings (SSSR count). The van der Waals surface area contributed by atoms with Gasteiger partial charge in [-0.1, -0.05) is 36.4 Å². The van der Waals surface area contributed by atoms with Crippen LogP contribution in [0.3, 0.4) is 0 Å². The third-order valence-corrected chi connectivity index (χ3v) is 6.69. The van der Waals surface area contributed by atoms with E-state index in [9.17, 15) is 19.7 Å². The summed E-state index contributed by atoms with van der Waals surface area (Å²) in [7, 11) is 0. The lowest BCUT2D eigenvalue weighted by Crippen LogP contribution is -2.31. The number of nitrogens with one attached hydrogen (secondary N) is 2. The fraction of sp³-hybridized carbons (Fsp3) is 0.0714. The molecule has 8 heteroatoms. The van der Waals surface area contributed by atoms with Gasteiger partial charge in [-0.3, -0.25) is 19.7 Å². The molecule has 2 N–H and O–H groups in total. The van der Waals surface area contributed by atoms with Gasteiger partial charge in [-0.05, 0) is 38.1 Å². The van der Waals surface area contributed by atoms with E-state index in [0.29, 0.717) is 22.3 Å². The van der Waals surface area contributed by atoms with Gasteiger partial charge in [0.1, 0.15) is 0 Å². The number of aryl methyl sites for hydroxylation is 2. The second-order valence-corrected chi connectivity index (χ2v) is 8.81. The van der Waals surface area contributed by atoms with Crippen molar-refractivity contribution in [2.45, 2.75) is 13.8 Å². The average molecular weight is 476 g/mol. The van der Waals surface area contributed by atoms with Crippen LogP contribution in [0.4, 0.5) is 11.4 Å². The van der Waals surface area contributed by atoms with Crippen molar-refractivity contribution in [3.05, 3.63) is 105 Å².